The molecule has 41 heavy (non-hydrogen) atoms. The molecule has 1 aromatic rings. The molecule has 3 aliphatic rings. The Kier molecular flexibility index (Phi) is 11.8. The van der Waals surface area contributed by atoms with Crippen LogP contribution in [-0.2, 0) is 19.7 Å². The van der Waals surface area contributed by atoms with Crippen LogP contribution in [0.4, 0.5) is 10.5 Å². The number of nitrogens with one attached hydrogen (secondary N) is 4. The molecule has 0 bridgehead atoms. The van der Waals surface area contributed by atoms with Gasteiger partial charge in [-0.15, -0.1) is 0 Å². The minimum absolute atomic E-state index is 0.163. The molecule has 2 aliphatic heterocycles. The Morgan fingerprint density at radius 1 is 1.20 bits per heavy atom. The van der Waals surface area contributed by atoms with Crippen molar-refractivity contribution in [1.82, 2.24) is 24.7 Å². The van der Waals surface area contributed by atoms with Gasteiger partial charge in [-0.3, -0.25) is 9.80 Å². The summed E-state index contributed by atoms with van der Waals surface area (Å²) in [7, 11) is -2.27. The molecule has 1 saturated heterocycles. The lowest BCUT2D eigenvalue weighted by atomic mass is 10.1. The number of amidine groups is 1. The largest absolute Gasteiger partial charge is 0.493 e. The summed E-state index contributed by atoms with van der Waals surface area (Å²) in [6.07, 6.45) is 4.50. The average molecular weight is 594 g/mol. The maximum Gasteiger partial charge on any atom is 0.333 e. The van der Waals surface area contributed by atoms with Crippen molar-refractivity contribution in [3.8, 4) is 5.75 Å². The van der Waals surface area contributed by atoms with Gasteiger partial charge in [0.1, 0.15) is 11.4 Å². The SMILES string of the molecule is CC.CCOc1ccc(NC(=O)NS(=O)(=O)N2CCOCC2)cc1C1=NN(CC2CCCC2)/C(=C(/C)NC)C(=O)N1. The first kappa shape index (κ1) is 32.2. The van der Waals surface area contributed by atoms with E-state index < -0.39 is 16.2 Å². The highest BCUT2D eigenvalue weighted by Crippen LogP contribution is 2.30. The Morgan fingerprint density at radius 3 is 2.51 bits per heavy atom. The topological polar surface area (TPSA) is 154 Å². The molecule has 1 aliphatic carbocycles. The minimum Gasteiger partial charge on any atom is -0.493 e. The van der Waals surface area contributed by atoms with Crippen molar-refractivity contribution in [2.75, 3.05) is 51.8 Å². The van der Waals surface area contributed by atoms with E-state index in [4.69, 9.17) is 14.6 Å². The van der Waals surface area contributed by atoms with Crippen molar-refractivity contribution in [2.24, 2.45) is 11.0 Å². The maximum atomic E-state index is 13.3. The highest BCUT2D eigenvalue weighted by molar-refractivity contribution is 7.87. The van der Waals surface area contributed by atoms with Crippen molar-refractivity contribution in [2.45, 2.75) is 53.4 Å². The lowest BCUT2D eigenvalue weighted by molar-refractivity contribution is -0.118. The van der Waals surface area contributed by atoms with Gasteiger partial charge >= 0.3 is 16.2 Å². The number of hydrogen-bond acceptors (Lipinski definition) is 9. The molecule has 1 aromatic carbocycles. The summed E-state index contributed by atoms with van der Waals surface area (Å²) in [6, 6.07) is 3.92. The smallest absolute Gasteiger partial charge is 0.333 e. The van der Waals surface area contributed by atoms with E-state index in [2.05, 4.69) is 16.0 Å². The molecule has 3 amide bonds. The van der Waals surface area contributed by atoms with Crippen molar-refractivity contribution in [3.63, 3.8) is 0 Å². The van der Waals surface area contributed by atoms with Crippen molar-refractivity contribution < 1.29 is 27.5 Å². The van der Waals surface area contributed by atoms with Crippen molar-refractivity contribution >= 4 is 33.7 Å². The van der Waals surface area contributed by atoms with Crippen LogP contribution in [0.25, 0.3) is 0 Å². The number of carbonyl (C=O) groups excluding carboxylic acids is 2. The number of hydrogen-bond donors (Lipinski definition) is 4. The van der Waals surface area contributed by atoms with Crippen molar-refractivity contribution in [3.05, 3.63) is 35.2 Å². The van der Waals surface area contributed by atoms with Crippen LogP contribution in [0.3, 0.4) is 0 Å². The van der Waals surface area contributed by atoms with Gasteiger partial charge in [0.2, 0.25) is 0 Å². The van der Waals surface area contributed by atoms with E-state index >= 15 is 0 Å². The zero-order valence-electron chi connectivity index (χ0n) is 24.6. The molecule has 1 saturated carbocycles. The van der Waals surface area contributed by atoms with Crippen LogP contribution in [0.15, 0.2) is 34.7 Å². The second-order valence-corrected chi connectivity index (χ2v) is 11.2. The molecule has 228 valence electrons. The number of carbonyl (C=O) groups is 2. The number of amides is 3. The molecule has 2 heterocycles. The molecule has 2 fully saturated rings. The van der Waals surface area contributed by atoms with Gasteiger partial charge in [0.15, 0.2) is 5.84 Å². The summed E-state index contributed by atoms with van der Waals surface area (Å²) in [6.45, 7) is 9.50. The first-order chi connectivity index (χ1) is 19.7. The number of nitrogens with zero attached hydrogens (tertiary/aromatic N) is 3. The highest BCUT2D eigenvalue weighted by atomic mass is 32.2. The molecule has 0 spiro atoms. The first-order valence-electron chi connectivity index (χ1n) is 14.2. The number of benzene rings is 1. The fourth-order valence-electron chi connectivity index (χ4n) is 4.85. The Hall–Kier alpha value is -3.36. The quantitative estimate of drug-likeness (QED) is 0.319. The highest BCUT2D eigenvalue weighted by Gasteiger charge is 2.32. The molecule has 4 N–H and O–H groups in total. The second kappa shape index (κ2) is 15.0. The number of allylic oxidation sites excluding steroid dienone is 1. The Balaban J connectivity index is 0.00000226. The van der Waals surface area contributed by atoms with Crippen LogP contribution in [-0.4, -0.2) is 82.0 Å². The van der Waals surface area contributed by atoms with Gasteiger partial charge in [-0.05, 0) is 50.8 Å². The molecule has 0 radical (unpaired) electrons. The van der Waals surface area contributed by atoms with E-state index in [0.717, 1.165) is 30.0 Å². The number of hydrazone groups is 1. The predicted molar refractivity (Wildman–Crippen MR) is 158 cm³/mol. The monoisotopic (exact) mass is 593 g/mol. The zero-order valence-corrected chi connectivity index (χ0v) is 25.4. The normalized spacial score (nSPS) is 19.4. The van der Waals surface area contributed by atoms with Crippen LogP contribution in [0, 0.1) is 5.92 Å². The summed E-state index contributed by atoms with van der Waals surface area (Å²) >= 11 is 0. The van der Waals surface area contributed by atoms with Gasteiger partial charge in [0.25, 0.3) is 5.91 Å². The van der Waals surface area contributed by atoms with E-state index in [1.165, 1.54) is 0 Å². The molecule has 0 unspecified atom stereocenters. The zero-order chi connectivity index (χ0) is 30.0. The predicted octanol–water partition coefficient (Wildman–Crippen LogP) is 2.54. The first-order valence-corrected chi connectivity index (χ1v) is 15.7. The van der Waals surface area contributed by atoms with E-state index in [9.17, 15) is 18.0 Å². The Morgan fingerprint density at radius 2 is 1.88 bits per heavy atom. The number of ether oxygens (including phenoxy) is 2. The number of anilines is 1. The van der Waals surface area contributed by atoms with E-state index in [0.29, 0.717) is 47.5 Å². The maximum absolute atomic E-state index is 13.3. The lowest BCUT2D eigenvalue weighted by Crippen LogP contribution is -2.49. The van der Waals surface area contributed by atoms with Gasteiger partial charge < -0.3 is 25.4 Å². The second-order valence-electron chi connectivity index (χ2n) is 9.58. The fraction of sp³-hybridized carbons (Fsp3) is 0.593. The molecular weight excluding hydrogens is 550 g/mol. The van der Waals surface area contributed by atoms with Crippen LogP contribution < -0.4 is 25.4 Å². The summed E-state index contributed by atoms with van der Waals surface area (Å²) < 4.78 is 39.3. The third kappa shape index (κ3) is 8.33. The van der Waals surface area contributed by atoms with E-state index in [-0.39, 0.29) is 38.0 Å². The number of urea groups is 1. The summed E-state index contributed by atoms with van der Waals surface area (Å²) in [5.41, 5.74) is 1.91. The standard InChI is InChI=1S/C25H37N7O6S.C2H6/c1-4-38-21-10-9-19(27-25(34)30-39(35,36)31-11-13-37-14-12-31)15-20(21)23-28-24(33)22(17(2)26-3)32(29-23)16-18-7-5-6-8-18;1-2/h9-10,15,18,26H,4-8,11-14,16H2,1-3H3,(H2,27,30,34)(H,28,29,33);1-2H3/b22-17-;. The van der Waals surface area contributed by atoms with Crippen molar-refractivity contribution in [1.29, 1.82) is 0 Å². The lowest BCUT2D eigenvalue weighted by Gasteiger charge is -2.31. The van der Waals surface area contributed by atoms with Gasteiger partial charge in [0, 0.05) is 38.1 Å². The summed E-state index contributed by atoms with van der Waals surface area (Å²) in [5.74, 6) is 0.859. The summed E-state index contributed by atoms with van der Waals surface area (Å²) in [5, 5.41) is 15.0. The Labute approximate surface area is 242 Å². The van der Waals surface area contributed by atoms with Gasteiger partial charge in [-0.2, -0.15) is 17.8 Å². The minimum atomic E-state index is -4.02. The molecule has 0 aromatic heterocycles. The Bertz CT molecular complexity index is 1240. The number of morpholine rings is 1. The molecule has 4 rings (SSSR count). The van der Waals surface area contributed by atoms with E-state index in [1.807, 2.05) is 32.4 Å². The van der Waals surface area contributed by atoms with Crippen LogP contribution >= 0.6 is 0 Å². The summed E-state index contributed by atoms with van der Waals surface area (Å²) in [4.78, 5) is 25.9. The molecule has 14 heteroatoms. The van der Waals surface area contributed by atoms with Gasteiger partial charge in [0.05, 0.1) is 25.4 Å². The molecular formula is C27H43N7O6S. The number of rotatable bonds is 9. The van der Waals surface area contributed by atoms with Gasteiger partial charge in [-0.1, -0.05) is 26.7 Å². The van der Waals surface area contributed by atoms with Gasteiger partial charge in [-0.25, -0.2) is 9.52 Å². The molecule has 13 nitrogen and oxygen atoms in total. The molecule has 0 atom stereocenters. The third-order valence-electron chi connectivity index (χ3n) is 6.89. The van der Waals surface area contributed by atoms with Crippen LogP contribution in [0.1, 0.15) is 58.9 Å². The van der Waals surface area contributed by atoms with E-state index in [1.54, 1.807) is 30.3 Å². The van der Waals surface area contributed by atoms with Crippen LogP contribution in [0.2, 0.25) is 0 Å². The van der Waals surface area contributed by atoms with Crippen LogP contribution in [0.5, 0.6) is 5.75 Å². The average Bonchev–Trinajstić information content (AvgIpc) is 3.48. The third-order valence-corrected chi connectivity index (χ3v) is 8.37. The fourth-order valence-corrected chi connectivity index (χ4v) is 5.90.